The molecule has 2 heteroatoms. The zero-order chi connectivity index (χ0) is 20.4. The summed E-state index contributed by atoms with van der Waals surface area (Å²) in [5, 5.41) is 2.10. The highest BCUT2D eigenvalue weighted by Gasteiger charge is 2.37. The fourth-order valence-corrected chi connectivity index (χ4v) is 4.10. The molecule has 0 aliphatic carbocycles. The number of hydrogen-bond donors (Lipinski definition) is 0. The maximum absolute atomic E-state index is 6.76. The van der Waals surface area contributed by atoms with E-state index in [2.05, 4.69) is 48.4 Å². The third kappa shape index (κ3) is 2.93. The Morgan fingerprint density at radius 1 is 0.767 bits per heavy atom. The van der Waals surface area contributed by atoms with Crippen LogP contribution in [-0.2, 0) is 5.60 Å². The van der Waals surface area contributed by atoms with Crippen molar-refractivity contribution in [2.45, 2.75) is 5.60 Å². The van der Waals surface area contributed by atoms with Gasteiger partial charge in [0.2, 0.25) is 0 Å². The van der Waals surface area contributed by atoms with Gasteiger partial charge in [0.05, 0.1) is 0 Å². The SMILES string of the molecule is C#CCOc1cccc2c3c(ccc12)OC(c1ccccc1)(c1ccccc1)C=C3. The summed E-state index contributed by atoms with van der Waals surface area (Å²) in [6.45, 7) is 0.244. The molecule has 1 aliphatic rings. The maximum atomic E-state index is 6.76. The van der Waals surface area contributed by atoms with E-state index in [0.717, 1.165) is 39.0 Å². The Bertz CT molecular complexity index is 1230. The zero-order valence-corrected chi connectivity index (χ0v) is 16.4. The lowest BCUT2D eigenvalue weighted by molar-refractivity contribution is 0.161. The van der Waals surface area contributed by atoms with Crippen LogP contribution < -0.4 is 9.47 Å². The average molecular weight is 388 g/mol. The highest BCUT2D eigenvalue weighted by Crippen LogP contribution is 2.45. The number of benzene rings is 4. The molecule has 0 saturated heterocycles. The minimum Gasteiger partial charge on any atom is -0.480 e. The lowest BCUT2D eigenvalue weighted by Crippen LogP contribution is -2.34. The average Bonchev–Trinajstić information content (AvgIpc) is 2.83. The van der Waals surface area contributed by atoms with Crippen LogP contribution in [0.1, 0.15) is 16.7 Å². The number of terminal acetylenes is 1. The molecule has 0 bridgehead atoms. The standard InChI is InChI=1S/C28H20O2/c1-2-20-29-26-15-9-14-23-24(26)16-17-27-25(23)18-19-28(30-27,21-10-5-3-6-11-21)22-12-7-4-8-13-22/h1,3-19H,20H2. The number of hydrogen-bond acceptors (Lipinski definition) is 2. The first-order chi connectivity index (χ1) is 14.8. The van der Waals surface area contributed by atoms with Gasteiger partial charge in [0, 0.05) is 22.1 Å². The molecule has 0 saturated carbocycles. The molecule has 1 heterocycles. The van der Waals surface area contributed by atoms with E-state index in [9.17, 15) is 0 Å². The third-order valence-corrected chi connectivity index (χ3v) is 5.50. The molecule has 4 aromatic carbocycles. The van der Waals surface area contributed by atoms with E-state index in [4.69, 9.17) is 15.9 Å². The van der Waals surface area contributed by atoms with Crippen molar-refractivity contribution in [3.05, 3.63) is 114 Å². The van der Waals surface area contributed by atoms with E-state index >= 15 is 0 Å². The molecule has 0 N–H and O–H groups in total. The van der Waals surface area contributed by atoms with Crippen LogP contribution in [0.2, 0.25) is 0 Å². The lowest BCUT2D eigenvalue weighted by Gasteiger charge is -2.36. The molecule has 2 nitrogen and oxygen atoms in total. The molecule has 4 aromatic rings. The summed E-state index contributed by atoms with van der Waals surface area (Å²) in [5.41, 5.74) is 2.54. The number of fused-ring (bicyclic) bond motifs is 3. The van der Waals surface area contributed by atoms with Crippen LogP contribution >= 0.6 is 0 Å². The monoisotopic (exact) mass is 388 g/mol. The second kappa shape index (κ2) is 7.46. The molecule has 0 radical (unpaired) electrons. The van der Waals surface area contributed by atoms with Crippen molar-refractivity contribution in [2.75, 3.05) is 6.61 Å². The summed E-state index contributed by atoms with van der Waals surface area (Å²) < 4.78 is 12.5. The maximum Gasteiger partial charge on any atom is 0.178 e. The largest absolute Gasteiger partial charge is 0.480 e. The Hall–Kier alpha value is -3.96. The molecular weight excluding hydrogens is 368 g/mol. The second-order valence-corrected chi connectivity index (χ2v) is 7.22. The van der Waals surface area contributed by atoms with Gasteiger partial charge in [-0.25, -0.2) is 0 Å². The number of ether oxygens (including phenoxy) is 2. The van der Waals surface area contributed by atoms with Gasteiger partial charge in [0.15, 0.2) is 5.60 Å². The second-order valence-electron chi connectivity index (χ2n) is 7.22. The van der Waals surface area contributed by atoms with Gasteiger partial charge in [-0.15, -0.1) is 6.42 Å². The smallest absolute Gasteiger partial charge is 0.178 e. The normalized spacial score (nSPS) is 13.8. The highest BCUT2D eigenvalue weighted by molar-refractivity contribution is 5.97. The van der Waals surface area contributed by atoms with Gasteiger partial charge >= 0.3 is 0 Å². The minimum atomic E-state index is -0.680. The minimum absolute atomic E-state index is 0.244. The first kappa shape index (κ1) is 18.1. The summed E-state index contributed by atoms with van der Waals surface area (Å²) in [4.78, 5) is 0. The molecule has 30 heavy (non-hydrogen) atoms. The molecule has 5 rings (SSSR count). The van der Waals surface area contributed by atoms with Crippen molar-refractivity contribution < 1.29 is 9.47 Å². The molecule has 0 amide bonds. The third-order valence-electron chi connectivity index (χ3n) is 5.50. The van der Waals surface area contributed by atoms with Crippen LogP contribution in [0.4, 0.5) is 0 Å². The van der Waals surface area contributed by atoms with Gasteiger partial charge in [-0.05, 0) is 35.7 Å². The van der Waals surface area contributed by atoms with Crippen LogP contribution in [0.15, 0.2) is 97.1 Å². The highest BCUT2D eigenvalue weighted by atomic mass is 16.5. The van der Waals surface area contributed by atoms with E-state index in [1.807, 2.05) is 60.7 Å². The molecule has 0 atom stereocenters. The van der Waals surface area contributed by atoms with Crippen LogP contribution in [-0.4, -0.2) is 6.61 Å². The number of rotatable bonds is 4. The predicted octanol–water partition coefficient (Wildman–Crippen LogP) is 6.20. The van der Waals surface area contributed by atoms with E-state index in [1.165, 1.54) is 0 Å². The van der Waals surface area contributed by atoms with Gasteiger partial charge in [-0.1, -0.05) is 78.7 Å². The first-order valence-electron chi connectivity index (χ1n) is 9.93. The molecule has 0 spiro atoms. The van der Waals surface area contributed by atoms with Gasteiger partial charge in [0.1, 0.15) is 18.1 Å². The van der Waals surface area contributed by atoms with Gasteiger partial charge in [-0.2, -0.15) is 0 Å². The fourth-order valence-electron chi connectivity index (χ4n) is 4.10. The van der Waals surface area contributed by atoms with Crippen LogP contribution in [0.3, 0.4) is 0 Å². The molecule has 0 aromatic heterocycles. The van der Waals surface area contributed by atoms with E-state index < -0.39 is 5.60 Å². The molecular formula is C28H20O2. The van der Waals surface area contributed by atoms with Gasteiger partial charge in [-0.3, -0.25) is 0 Å². The van der Waals surface area contributed by atoms with Crippen molar-refractivity contribution in [1.82, 2.24) is 0 Å². The van der Waals surface area contributed by atoms with Crippen LogP contribution in [0.5, 0.6) is 11.5 Å². The zero-order valence-electron chi connectivity index (χ0n) is 16.4. The predicted molar refractivity (Wildman–Crippen MR) is 122 cm³/mol. The van der Waals surface area contributed by atoms with Gasteiger partial charge < -0.3 is 9.47 Å². The summed E-state index contributed by atoms with van der Waals surface area (Å²) >= 11 is 0. The Morgan fingerprint density at radius 2 is 1.47 bits per heavy atom. The summed E-state index contributed by atoms with van der Waals surface area (Å²) in [6, 6.07) is 30.7. The van der Waals surface area contributed by atoms with Crippen LogP contribution in [0.25, 0.3) is 16.8 Å². The van der Waals surface area contributed by atoms with E-state index in [0.29, 0.717) is 0 Å². The summed E-state index contributed by atoms with van der Waals surface area (Å²) in [5.74, 6) is 4.15. The molecule has 0 unspecified atom stereocenters. The van der Waals surface area contributed by atoms with Crippen molar-refractivity contribution >= 4 is 16.8 Å². The molecule has 0 fully saturated rings. The topological polar surface area (TPSA) is 18.5 Å². The van der Waals surface area contributed by atoms with Gasteiger partial charge in [0.25, 0.3) is 0 Å². The Kier molecular flexibility index (Phi) is 4.50. The fraction of sp³-hybridized carbons (Fsp3) is 0.0714. The Labute approximate surface area is 176 Å². The molecule has 1 aliphatic heterocycles. The van der Waals surface area contributed by atoms with Crippen molar-refractivity contribution in [3.8, 4) is 23.8 Å². The van der Waals surface area contributed by atoms with Crippen LogP contribution in [0, 0.1) is 12.3 Å². The lowest BCUT2D eigenvalue weighted by atomic mass is 9.83. The Morgan fingerprint density at radius 3 is 2.13 bits per heavy atom. The summed E-state index contributed by atoms with van der Waals surface area (Å²) in [7, 11) is 0. The van der Waals surface area contributed by atoms with Crippen molar-refractivity contribution in [1.29, 1.82) is 0 Å². The first-order valence-corrected chi connectivity index (χ1v) is 9.93. The van der Waals surface area contributed by atoms with Crippen molar-refractivity contribution in [3.63, 3.8) is 0 Å². The Balaban J connectivity index is 1.68. The van der Waals surface area contributed by atoms with E-state index in [-0.39, 0.29) is 6.61 Å². The van der Waals surface area contributed by atoms with Crippen molar-refractivity contribution in [2.24, 2.45) is 0 Å². The molecule has 144 valence electrons. The van der Waals surface area contributed by atoms with E-state index in [1.54, 1.807) is 0 Å². The quantitative estimate of drug-likeness (QED) is 0.388. The summed E-state index contributed by atoms with van der Waals surface area (Å²) in [6.07, 6.45) is 9.67.